The SMILES string of the molecule is Cc1c(C(=O)NCC2CC3C=CC2C32CC2)sc2ncnc(N3CCC(N4CCOCC4)CC3)c12. The molecule has 35 heavy (non-hydrogen) atoms. The molecule has 0 aromatic carbocycles. The van der Waals surface area contributed by atoms with Crippen LogP contribution in [0.25, 0.3) is 10.2 Å². The summed E-state index contributed by atoms with van der Waals surface area (Å²) in [5, 5.41) is 4.36. The minimum atomic E-state index is 0.0547. The summed E-state index contributed by atoms with van der Waals surface area (Å²) in [5.41, 5.74) is 1.60. The predicted molar refractivity (Wildman–Crippen MR) is 138 cm³/mol. The minimum Gasteiger partial charge on any atom is -0.379 e. The first-order valence-corrected chi connectivity index (χ1v) is 14.2. The molecule has 5 aliphatic rings. The second kappa shape index (κ2) is 8.53. The molecule has 8 heteroatoms. The fraction of sp³-hybridized carbons (Fsp3) is 0.667. The molecule has 1 N–H and O–H groups in total. The quantitative estimate of drug-likeness (QED) is 0.642. The van der Waals surface area contributed by atoms with Gasteiger partial charge >= 0.3 is 0 Å². The molecule has 2 aliphatic heterocycles. The Kier molecular flexibility index (Phi) is 5.41. The van der Waals surface area contributed by atoms with E-state index >= 15 is 0 Å². The first-order chi connectivity index (χ1) is 17.1. The van der Waals surface area contributed by atoms with Crippen LogP contribution in [0, 0.1) is 30.1 Å². The fourth-order valence-corrected chi connectivity index (χ4v) is 8.61. The van der Waals surface area contributed by atoms with Gasteiger partial charge in [0.15, 0.2) is 0 Å². The molecule has 4 fully saturated rings. The van der Waals surface area contributed by atoms with Crippen molar-refractivity contribution >= 4 is 33.3 Å². The van der Waals surface area contributed by atoms with E-state index in [1.165, 1.54) is 30.6 Å². The van der Waals surface area contributed by atoms with Crippen molar-refractivity contribution in [3.63, 3.8) is 0 Å². The van der Waals surface area contributed by atoms with Crippen LogP contribution in [0.15, 0.2) is 18.5 Å². The number of amides is 1. The molecule has 7 nitrogen and oxygen atoms in total. The summed E-state index contributed by atoms with van der Waals surface area (Å²) < 4.78 is 5.53. The number of aromatic nitrogens is 2. The van der Waals surface area contributed by atoms with Gasteiger partial charge in [0.2, 0.25) is 0 Å². The summed E-state index contributed by atoms with van der Waals surface area (Å²) >= 11 is 1.52. The van der Waals surface area contributed by atoms with E-state index < -0.39 is 0 Å². The second-order valence-corrected chi connectivity index (χ2v) is 12.3. The zero-order valence-corrected chi connectivity index (χ0v) is 21.4. The van der Waals surface area contributed by atoms with Crippen LogP contribution in [0.2, 0.25) is 0 Å². The van der Waals surface area contributed by atoms with Crippen molar-refractivity contribution in [2.24, 2.45) is 23.2 Å². The summed E-state index contributed by atoms with van der Waals surface area (Å²) in [4.78, 5) is 29.3. The summed E-state index contributed by atoms with van der Waals surface area (Å²) in [7, 11) is 0. The molecule has 1 spiro atoms. The number of hydrogen-bond acceptors (Lipinski definition) is 7. The number of rotatable bonds is 5. The Hall–Kier alpha value is -2.03. The van der Waals surface area contributed by atoms with Gasteiger partial charge in [-0.05, 0) is 67.8 Å². The number of aryl methyl sites for hydroxylation is 1. The first kappa shape index (κ1) is 22.2. The maximum atomic E-state index is 13.3. The Morgan fingerprint density at radius 1 is 1.17 bits per heavy atom. The number of thiophene rings is 1. The first-order valence-electron chi connectivity index (χ1n) is 13.4. The zero-order chi connectivity index (χ0) is 23.6. The van der Waals surface area contributed by atoms with E-state index in [1.807, 2.05) is 0 Å². The molecule has 7 rings (SSSR count). The Morgan fingerprint density at radius 2 is 1.97 bits per heavy atom. The molecule has 2 bridgehead atoms. The number of nitrogens with one attached hydrogen (secondary N) is 1. The van der Waals surface area contributed by atoms with Crippen molar-refractivity contribution < 1.29 is 9.53 Å². The Labute approximate surface area is 210 Å². The molecule has 1 amide bonds. The summed E-state index contributed by atoms with van der Waals surface area (Å²) in [5.74, 6) is 3.07. The average molecular weight is 494 g/mol. The topological polar surface area (TPSA) is 70.6 Å². The van der Waals surface area contributed by atoms with Crippen LogP contribution in [-0.4, -0.2) is 72.8 Å². The number of carbonyl (C=O) groups excluding carboxylic acids is 1. The number of fused-ring (bicyclic) bond motifs is 1. The lowest BCUT2D eigenvalue weighted by molar-refractivity contribution is 0.0115. The average Bonchev–Trinajstić information content (AvgIpc) is 3.45. The lowest BCUT2D eigenvalue weighted by Gasteiger charge is -2.40. The van der Waals surface area contributed by atoms with E-state index in [4.69, 9.17) is 9.72 Å². The zero-order valence-electron chi connectivity index (χ0n) is 20.5. The highest BCUT2D eigenvalue weighted by Gasteiger charge is 2.62. The van der Waals surface area contributed by atoms with E-state index in [0.717, 1.165) is 91.2 Å². The van der Waals surface area contributed by atoms with E-state index in [-0.39, 0.29) is 5.91 Å². The fourth-order valence-electron chi connectivity index (χ4n) is 7.55. The lowest BCUT2D eigenvalue weighted by Crippen LogP contribution is -2.49. The summed E-state index contributed by atoms with van der Waals surface area (Å²) in [6.45, 7) is 8.63. The third-order valence-electron chi connectivity index (χ3n) is 9.61. The van der Waals surface area contributed by atoms with Gasteiger partial charge in [0.25, 0.3) is 5.91 Å². The van der Waals surface area contributed by atoms with Gasteiger partial charge in [-0.15, -0.1) is 11.3 Å². The maximum Gasteiger partial charge on any atom is 0.261 e. The van der Waals surface area contributed by atoms with Crippen molar-refractivity contribution in [1.29, 1.82) is 0 Å². The Bertz CT molecular complexity index is 1160. The maximum absolute atomic E-state index is 13.3. The molecule has 2 aromatic heterocycles. The van der Waals surface area contributed by atoms with Crippen molar-refractivity contribution in [3.8, 4) is 0 Å². The number of anilines is 1. The van der Waals surface area contributed by atoms with Gasteiger partial charge in [-0.1, -0.05) is 12.2 Å². The van der Waals surface area contributed by atoms with Gasteiger partial charge in [-0.3, -0.25) is 9.69 Å². The van der Waals surface area contributed by atoms with Gasteiger partial charge in [-0.2, -0.15) is 0 Å². The molecular formula is C27H35N5O2S. The van der Waals surface area contributed by atoms with E-state index in [0.29, 0.717) is 23.3 Å². The van der Waals surface area contributed by atoms with Gasteiger partial charge in [0.05, 0.1) is 23.5 Å². The van der Waals surface area contributed by atoms with Crippen molar-refractivity contribution in [2.75, 3.05) is 50.8 Å². The molecule has 4 heterocycles. The smallest absolute Gasteiger partial charge is 0.261 e. The van der Waals surface area contributed by atoms with E-state index in [9.17, 15) is 4.79 Å². The van der Waals surface area contributed by atoms with E-state index in [2.05, 4.69) is 39.2 Å². The van der Waals surface area contributed by atoms with Gasteiger partial charge in [-0.25, -0.2) is 9.97 Å². The molecule has 2 saturated carbocycles. The van der Waals surface area contributed by atoms with E-state index in [1.54, 1.807) is 6.33 Å². The van der Waals surface area contributed by atoms with Crippen LogP contribution >= 0.6 is 11.3 Å². The molecule has 2 aromatic rings. The number of carbonyl (C=O) groups is 1. The highest BCUT2D eigenvalue weighted by molar-refractivity contribution is 7.20. The number of hydrogen-bond donors (Lipinski definition) is 1. The number of morpholine rings is 1. The van der Waals surface area contributed by atoms with Crippen LogP contribution in [0.4, 0.5) is 5.82 Å². The third kappa shape index (κ3) is 3.63. The highest BCUT2D eigenvalue weighted by Crippen LogP contribution is 2.69. The van der Waals surface area contributed by atoms with Gasteiger partial charge in [0.1, 0.15) is 17.0 Å². The highest BCUT2D eigenvalue weighted by atomic mass is 32.1. The van der Waals surface area contributed by atoms with Crippen LogP contribution in [0.3, 0.4) is 0 Å². The normalized spacial score (nSPS) is 30.0. The Balaban J connectivity index is 1.05. The second-order valence-electron chi connectivity index (χ2n) is 11.3. The van der Waals surface area contributed by atoms with Crippen molar-refractivity contribution in [3.05, 3.63) is 28.9 Å². The standard InChI is InChI=1S/C27H35N5O2S/c1-17-22-24(32-8-4-20(5-9-32)31-10-12-34-13-11-31)29-16-30-26(22)35-23(17)25(33)28-15-18-14-19-2-3-21(18)27(19)6-7-27/h2-3,16,18-21H,4-15H2,1H3,(H,28,33). The van der Waals surface area contributed by atoms with Crippen LogP contribution in [0.5, 0.6) is 0 Å². The van der Waals surface area contributed by atoms with Crippen LogP contribution < -0.4 is 10.2 Å². The Morgan fingerprint density at radius 3 is 2.71 bits per heavy atom. The molecule has 186 valence electrons. The summed E-state index contributed by atoms with van der Waals surface area (Å²) in [6.07, 6.45) is 12.8. The lowest BCUT2D eigenvalue weighted by atomic mass is 9.89. The summed E-state index contributed by atoms with van der Waals surface area (Å²) in [6, 6.07) is 0.632. The third-order valence-corrected chi connectivity index (χ3v) is 10.8. The van der Waals surface area contributed by atoms with Gasteiger partial charge in [0, 0.05) is 38.8 Å². The molecule has 0 radical (unpaired) electrons. The predicted octanol–water partition coefficient (Wildman–Crippen LogP) is 3.63. The van der Waals surface area contributed by atoms with Gasteiger partial charge < -0.3 is 15.0 Å². The van der Waals surface area contributed by atoms with Crippen LogP contribution in [-0.2, 0) is 4.74 Å². The molecule has 3 unspecified atom stereocenters. The van der Waals surface area contributed by atoms with Crippen molar-refractivity contribution in [2.45, 2.75) is 45.1 Å². The number of piperidine rings is 1. The minimum absolute atomic E-state index is 0.0547. The molecule has 2 saturated heterocycles. The largest absolute Gasteiger partial charge is 0.379 e. The van der Waals surface area contributed by atoms with Crippen molar-refractivity contribution in [1.82, 2.24) is 20.2 Å². The number of ether oxygens (including phenoxy) is 1. The molecular weight excluding hydrogens is 458 g/mol. The number of nitrogens with zero attached hydrogens (tertiary/aromatic N) is 4. The van der Waals surface area contributed by atoms with Crippen LogP contribution in [0.1, 0.15) is 47.3 Å². The number of allylic oxidation sites excluding steroid dienone is 2. The monoisotopic (exact) mass is 493 g/mol. The molecule has 3 atom stereocenters. The molecule has 3 aliphatic carbocycles.